The summed E-state index contributed by atoms with van der Waals surface area (Å²) in [6, 6.07) is 4.21. The van der Waals surface area contributed by atoms with Crippen LogP contribution in [0.1, 0.15) is 33.1 Å². The van der Waals surface area contributed by atoms with Crippen LogP contribution in [-0.4, -0.2) is 55.6 Å². The zero-order valence-electron chi connectivity index (χ0n) is 15.6. The SMILES string of the molecule is CC1(C)CC(N2CC[C@@H](Nc3c([N+](=O)[O-])cccc3S(N)(=O)=O)C2)CCO1. The number of likely N-dealkylation sites (tertiary alicyclic amines) is 1. The van der Waals surface area contributed by atoms with Gasteiger partial charge in [0.15, 0.2) is 0 Å². The number of hydrogen-bond acceptors (Lipinski definition) is 7. The fraction of sp³-hybridized carbons (Fsp3) is 0.647. The molecule has 0 spiro atoms. The molecule has 3 N–H and O–H groups in total. The summed E-state index contributed by atoms with van der Waals surface area (Å²) in [4.78, 5) is 12.9. The van der Waals surface area contributed by atoms with Crippen molar-refractivity contribution in [2.45, 2.75) is 55.7 Å². The number of anilines is 1. The summed E-state index contributed by atoms with van der Waals surface area (Å²) in [5, 5.41) is 19.7. The summed E-state index contributed by atoms with van der Waals surface area (Å²) in [5.74, 6) is 0. The number of benzene rings is 1. The lowest BCUT2D eigenvalue weighted by Crippen LogP contribution is -2.45. The molecule has 9 nitrogen and oxygen atoms in total. The summed E-state index contributed by atoms with van der Waals surface area (Å²) < 4.78 is 29.5. The Morgan fingerprint density at radius 1 is 1.37 bits per heavy atom. The Bertz CT molecular complexity index is 827. The molecule has 0 amide bonds. The zero-order chi connectivity index (χ0) is 19.8. The van der Waals surface area contributed by atoms with E-state index in [9.17, 15) is 18.5 Å². The Hall–Kier alpha value is -1.75. The average molecular weight is 398 g/mol. The van der Waals surface area contributed by atoms with Crippen LogP contribution in [-0.2, 0) is 14.8 Å². The largest absolute Gasteiger partial charge is 0.375 e. The number of nitro benzene ring substituents is 1. The number of para-hydroxylation sites is 1. The number of hydrogen-bond donors (Lipinski definition) is 2. The van der Waals surface area contributed by atoms with Gasteiger partial charge in [0.05, 0.1) is 10.5 Å². The van der Waals surface area contributed by atoms with E-state index in [-0.39, 0.29) is 27.9 Å². The van der Waals surface area contributed by atoms with Gasteiger partial charge in [0, 0.05) is 37.8 Å². The summed E-state index contributed by atoms with van der Waals surface area (Å²) in [5.41, 5.74) is -0.468. The molecule has 0 radical (unpaired) electrons. The first-order valence-corrected chi connectivity index (χ1v) is 10.6. The molecule has 1 unspecified atom stereocenters. The molecule has 2 fully saturated rings. The van der Waals surface area contributed by atoms with Crippen LogP contribution >= 0.6 is 0 Å². The van der Waals surface area contributed by atoms with Crippen molar-refractivity contribution in [2.75, 3.05) is 25.0 Å². The second kappa shape index (κ2) is 7.34. The maximum Gasteiger partial charge on any atom is 0.293 e. The quantitative estimate of drug-likeness (QED) is 0.570. The zero-order valence-corrected chi connectivity index (χ0v) is 16.4. The third-order valence-electron chi connectivity index (χ3n) is 5.26. The molecule has 0 aliphatic carbocycles. The highest BCUT2D eigenvalue weighted by molar-refractivity contribution is 7.89. The lowest BCUT2D eigenvalue weighted by molar-refractivity contribution is -0.384. The Morgan fingerprint density at radius 2 is 2.11 bits per heavy atom. The van der Waals surface area contributed by atoms with E-state index >= 15 is 0 Å². The van der Waals surface area contributed by atoms with Gasteiger partial charge in [-0.1, -0.05) is 6.07 Å². The molecule has 150 valence electrons. The second-order valence-corrected chi connectivity index (χ2v) is 9.36. The maximum atomic E-state index is 11.9. The molecule has 2 aliphatic heterocycles. The van der Waals surface area contributed by atoms with Crippen molar-refractivity contribution in [2.24, 2.45) is 5.14 Å². The summed E-state index contributed by atoms with van der Waals surface area (Å²) in [6.07, 6.45) is 2.64. The lowest BCUT2D eigenvalue weighted by atomic mass is 9.93. The van der Waals surface area contributed by atoms with Crippen molar-refractivity contribution in [1.29, 1.82) is 0 Å². The Kier molecular flexibility index (Phi) is 5.44. The molecule has 1 aromatic carbocycles. The number of nitrogens with two attached hydrogens (primary N) is 1. The second-order valence-electron chi connectivity index (χ2n) is 7.83. The molecule has 2 saturated heterocycles. The normalized spacial score (nSPS) is 26.0. The van der Waals surface area contributed by atoms with E-state index in [1.54, 1.807) is 0 Å². The van der Waals surface area contributed by atoms with Crippen LogP contribution in [0.3, 0.4) is 0 Å². The number of sulfonamides is 1. The minimum absolute atomic E-state index is 0.0239. The van der Waals surface area contributed by atoms with Crippen LogP contribution in [0.5, 0.6) is 0 Å². The van der Waals surface area contributed by atoms with Crippen molar-refractivity contribution in [1.82, 2.24) is 4.90 Å². The lowest BCUT2D eigenvalue weighted by Gasteiger charge is -2.39. The summed E-state index contributed by atoms with van der Waals surface area (Å²) in [7, 11) is -4.08. The Balaban J connectivity index is 1.78. The molecule has 0 saturated carbocycles. The van der Waals surface area contributed by atoms with Gasteiger partial charge < -0.3 is 10.1 Å². The monoisotopic (exact) mass is 398 g/mol. The van der Waals surface area contributed by atoms with Crippen molar-refractivity contribution < 1.29 is 18.1 Å². The van der Waals surface area contributed by atoms with Crippen LogP contribution in [0, 0.1) is 10.1 Å². The Morgan fingerprint density at radius 3 is 2.74 bits per heavy atom. The number of nitrogens with zero attached hydrogens (tertiary/aromatic N) is 2. The molecule has 27 heavy (non-hydrogen) atoms. The van der Waals surface area contributed by atoms with Gasteiger partial charge >= 0.3 is 0 Å². The molecular weight excluding hydrogens is 372 g/mol. The molecule has 0 aromatic heterocycles. The van der Waals surface area contributed by atoms with Gasteiger partial charge in [-0.15, -0.1) is 0 Å². The van der Waals surface area contributed by atoms with E-state index in [0.29, 0.717) is 19.2 Å². The van der Waals surface area contributed by atoms with E-state index in [1.165, 1.54) is 18.2 Å². The number of nitrogens with one attached hydrogen (secondary N) is 1. The molecule has 1 aromatic rings. The highest BCUT2D eigenvalue weighted by atomic mass is 32.2. The van der Waals surface area contributed by atoms with E-state index in [4.69, 9.17) is 9.88 Å². The molecule has 0 bridgehead atoms. The van der Waals surface area contributed by atoms with E-state index < -0.39 is 14.9 Å². The van der Waals surface area contributed by atoms with Gasteiger partial charge in [-0.2, -0.15) is 0 Å². The predicted molar refractivity (Wildman–Crippen MR) is 101 cm³/mol. The van der Waals surface area contributed by atoms with Gasteiger partial charge in [-0.25, -0.2) is 13.6 Å². The first kappa shape index (κ1) is 20.0. The standard InChI is InChI=1S/C17H26N4O5S/c1-17(2)10-13(7-9-26-17)20-8-6-12(11-20)19-16-14(21(22)23)4-3-5-15(16)27(18,24)25/h3-5,12-13,19H,6-11H2,1-2H3,(H2,18,24,25)/t12-,13?/m1/s1. The van der Waals surface area contributed by atoms with E-state index in [1.807, 2.05) is 0 Å². The molecule has 2 heterocycles. The molecular formula is C17H26N4O5S. The van der Waals surface area contributed by atoms with Crippen LogP contribution in [0.25, 0.3) is 0 Å². The molecule has 10 heteroatoms. The van der Waals surface area contributed by atoms with Gasteiger partial charge in [-0.05, 0) is 39.2 Å². The van der Waals surface area contributed by atoms with Crippen molar-refractivity contribution in [3.8, 4) is 0 Å². The number of nitro groups is 1. The van der Waals surface area contributed by atoms with Gasteiger partial charge in [0.1, 0.15) is 10.6 Å². The summed E-state index contributed by atoms with van der Waals surface area (Å²) in [6.45, 7) is 6.42. The smallest absolute Gasteiger partial charge is 0.293 e. The van der Waals surface area contributed by atoms with Gasteiger partial charge in [0.25, 0.3) is 5.69 Å². The van der Waals surface area contributed by atoms with Crippen LogP contribution in [0.4, 0.5) is 11.4 Å². The minimum atomic E-state index is -4.08. The predicted octanol–water partition coefficient (Wildman–Crippen LogP) is 1.69. The average Bonchev–Trinajstić information content (AvgIpc) is 3.01. The third kappa shape index (κ3) is 4.57. The van der Waals surface area contributed by atoms with Crippen LogP contribution in [0.15, 0.2) is 23.1 Å². The first-order chi connectivity index (χ1) is 12.6. The fourth-order valence-electron chi connectivity index (χ4n) is 4.01. The minimum Gasteiger partial charge on any atom is -0.375 e. The Labute approximate surface area is 159 Å². The fourth-order valence-corrected chi connectivity index (χ4v) is 4.72. The van der Waals surface area contributed by atoms with E-state index in [2.05, 4.69) is 24.1 Å². The third-order valence-corrected chi connectivity index (χ3v) is 6.22. The molecule has 2 atom stereocenters. The van der Waals surface area contributed by atoms with Crippen LogP contribution < -0.4 is 10.5 Å². The number of ether oxygens (including phenoxy) is 1. The van der Waals surface area contributed by atoms with Gasteiger partial charge in [-0.3, -0.25) is 15.0 Å². The van der Waals surface area contributed by atoms with Gasteiger partial charge in [0.2, 0.25) is 10.0 Å². The van der Waals surface area contributed by atoms with Crippen molar-refractivity contribution in [3.63, 3.8) is 0 Å². The van der Waals surface area contributed by atoms with Crippen LogP contribution in [0.2, 0.25) is 0 Å². The highest BCUT2D eigenvalue weighted by Gasteiger charge is 2.36. The molecule has 3 rings (SSSR count). The number of rotatable bonds is 5. The highest BCUT2D eigenvalue weighted by Crippen LogP contribution is 2.34. The number of primary sulfonamides is 1. The van der Waals surface area contributed by atoms with Crippen molar-refractivity contribution in [3.05, 3.63) is 28.3 Å². The topological polar surface area (TPSA) is 128 Å². The summed E-state index contributed by atoms with van der Waals surface area (Å²) >= 11 is 0. The molecule has 2 aliphatic rings. The van der Waals surface area contributed by atoms with E-state index in [0.717, 1.165) is 25.8 Å². The van der Waals surface area contributed by atoms with Crippen molar-refractivity contribution >= 4 is 21.4 Å². The first-order valence-electron chi connectivity index (χ1n) is 9.01. The maximum absolute atomic E-state index is 11.9.